The fourth-order valence-electron chi connectivity index (χ4n) is 3.63. The molecule has 1 fully saturated rings. The van der Waals surface area contributed by atoms with Crippen LogP contribution >= 0.6 is 0 Å². The van der Waals surface area contributed by atoms with Gasteiger partial charge in [0, 0.05) is 18.5 Å². The minimum absolute atomic E-state index is 0.0257. The van der Waals surface area contributed by atoms with Crippen molar-refractivity contribution in [2.24, 2.45) is 5.92 Å². The quantitative estimate of drug-likeness (QED) is 0.594. The second-order valence-electron chi connectivity index (χ2n) is 6.66. The van der Waals surface area contributed by atoms with Gasteiger partial charge < -0.3 is 19.4 Å². The number of H-pyrrole nitrogens is 1. The molecule has 2 N–H and O–H groups in total. The summed E-state index contributed by atoms with van der Waals surface area (Å²) in [6.45, 7) is 6.90. The number of likely N-dealkylation sites (tertiary alicyclic amines) is 1. The molecular formula is C18H27N2O5+. The normalized spacial score (nSPS) is 21.5. The zero-order chi connectivity index (χ0) is 18.7. The topological polar surface area (TPSA) is 89.9 Å². The van der Waals surface area contributed by atoms with E-state index in [0.717, 1.165) is 30.8 Å². The number of quaternary nitrogens is 1. The monoisotopic (exact) mass is 351 g/mol. The van der Waals surface area contributed by atoms with E-state index >= 15 is 0 Å². The van der Waals surface area contributed by atoms with Gasteiger partial charge in [0.2, 0.25) is 5.78 Å². The molecular weight excluding hydrogens is 324 g/mol. The molecule has 25 heavy (non-hydrogen) atoms. The number of rotatable bonds is 5. The molecule has 1 aromatic heterocycles. The van der Waals surface area contributed by atoms with Gasteiger partial charge in [0.1, 0.15) is 6.04 Å². The van der Waals surface area contributed by atoms with Crippen molar-refractivity contribution in [1.82, 2.24) is 4.98 Å². The van der Waals surface area contributed by atoms with Crippen LogP contribution in [0.5, 0.6) is 0 Å². The molecule has 0 spiro atoms. The van der Waals surface area contributed by atoms with Crippen molar-refractivity contribution >= 4 is 17.7 Å². The number of nitrogens with one attached hydrogen (secondary N) is 2. The van der Waals surface area contributed by atoms with Gasteiger partial charge in [-0.3, -0.25) is 9.59 Å². The third-order valence-electron chi connectivity index (χ3n) is 5.24. The smallest absolute Gasteiger partial charge is 0.339 e. The van der Waals surface area contributed by atoms with E-state index in [2.05, 4.69) is 4.98 Å². The first-order valence-corrected chi connectivity index (χ1v) is 8.55. The van der Waals surface area contributed by atoms with Gasteiger partial charge in [0.25, 0.3) is 0 Å². The summed E-state index contributed by atoms with van der Waals surface area (Å²) in [4.78, 5) is 40.6. The van der Waals surface area contributed by atoms with Crippen molar-refractivity contribution in [1.29, 1.82) is 0 Å². The Morgan fingerprint density at radius 1 is 1.12 bits per heavy atom. The first-order chi connectivity index (χ1) is 11.8. The summed E-state index contributed by atoms with van der Waals surface area (Å²) < 4.78 is 9.60. The molecule has 0 aromatic carbocycles. The summed E-state index contributed by atoms with van der Waals surface area (Å²) in [5, 5.41) is 0. The van der Waals surface area contributed by atoms with Crippen molar-refractivity contribution in [2.45, 2.75) is 39.7 Å². The van der Waals surface area contributed by atoms with Crippen LogP contribution in [0.1, 0.15) is 51.9 Å². The summed E-state index contributed by atoms with van der Waals surface area (Å²) >= 11 is 0. The van der Waals surface area contributed by atoms with Crippen LogP contribution in [0, 0.1) is 19.8 Å². The number of carbonyl (C=O) groups excluding carboxylic acids is 3. The van der Waals surface area contributed by atoms with Gasteiger partial charge >= 0.3 is 11.9 Å². The number of hydrogen-bond acceptors (Lipinski definition) is 5. The molecule has 1 saturated heterocycles. The van der Waals surface area contributed by atoms with E-state index in [0.29, 0.717) is 22.5 Å². The second-order valence-corrected chi connectivity index (χ2v) is 6.66. The minimum Gasteiger partial charge on any atom is -0.469 e. The number of aromatic amines is 1. The highest BCUT2D eigenvalue weighted by molar-refractivity contribution is 6.03. The largest absolute Gasteiger partial charge is 0.469 e. The molecule has 7 heteroatoms. The van der Waals surface area contributed by atoms with E-state index in [9.17, 15) is 14.4 Å². The summed E-state index contributed by atoms with van der Waals surface area (Å²) in [7, 11) is 2.73. The van der Waals surface area contributed by atoms with Crippen LogP contribution in [-0.2, 0) is 14.3 Å². The molecule has 1 atom stereocenters. The highest BCUT2D eigenvalue weighted by Crippen LogP contribution is 2.20. The van der Waals surface area contributed by atoms with E-state index in [1.165, 1.54) is 14.2 Å². The van der Waals surface area contributed by atoms with Crippen molar-refractivity contribution in [2.75, 3.05) is 27.3 Å². The van der Waals surface area contributed by atoms with Crippen LogP contribution in [0.25, 0.3) is 0 Å². The first kappa shape index (κ1) is 19.2. The van der Waals surface area contributed by atoms with Crippen LogP contribution < -0.4 is 4.90 Å². The molecule has 1 aliphatic heterocycles. The molecule has 0 amide bonds. The molecule has 2 heterocycles. The molecule has 138 valence electrons. The molecule has 0 unspecified atom stereocenters. The Balaban J connectivity index is 2.11. The van der Waals surface area contributed by atoms with Crippen LogP contribution in [0.2, 0.25) is 0 Å². The lowest BCUT2D eigenvalue weighted by Gasteiger charge is -2.31. The fourth-order valence-corrected chi connectivity index (χ4v) is 3.63. The van der Waals surface area contributed by atoms with Gasteiger partial charge in [-0.05, 0) is 26.3 Å². The Morgan fingerprint density at radius 2 is 1.72 bits per heavy atom. The Labute approximate surface area is 147 Å². The van der Waals surface area contributed by atoms with Gasteiger partial charge in [0.05, 0.1) is 44.5 Å². The highest BCUT2D eigenvalue weighted by Gasteiger charge is 2.35. The predicted molar refractivity (Wildman–Crippen MR) is 90.8 cm³/mol. The molecule has 0 bridgehead atoms. The number of hydrogen-bond donors (Lipinski definition) is 2. The van der Waals surface area contributed by atoms with Crippen molar-refractivity contribution in [3.63, 3.8) is 0 Å². The number of ether oxygens (including phenoxy) is 2. The Hall–Kier alpha value is -2.15. The fraction of sp³-hybridized carbons (Fsp3) is 0.611. The Bertz CT molecular complexity index is 671. The maximum atomic E-state index is 12.9. The molecule has 1 aromatic rings. The van der Waals surface area contributed by atoms with E-state index < -0.39 is 5.97 Å². The van der Waals surface area contributed by atoms with Gasteiger partial charge in [-0.2, -0.15) is 0 Å². The molecule has 2 rings (SSSR count). The van der Waals surface area contributed by atoms with Crippen LogP contribution in [-0.4, -0.2) is 56.1 Å². The van der Waals surface area contributed by atoms with Crippen LogP contribution in [0.4, 0.5) is 0 Å². The molecule has 0 saturated carbocycles. The van der Waals surface area contributed by atoms with Gasteiger partial charge in [-0.15, -0.1) is 0 Å². The number of ketones is 1. The lowest BCUT2D eigenvalue weighted by atomic mass is 9.94. The number of Topliss-reactive ketones (excluding diaryl/α,β-unsaturated/α-hetero) is 1. The van der Waals surface area contributed by atoms with E-state index in [-0.39, 0.29) is 23.7 Å². The summed E-state index contributed by atoms with van der Waals surface area (Å²) in [5.41, 5.74) is 2.16. The third-order valence-corrected chi connectivity index (χ3v) is 5.24. The number of esters is 2. The average molecular weight is 351 g/mol. The SMILES string of the molecule is COC(=O)c1c(C)[nH]c(C(=O)[C@@H](C)[NH+]2CCC(C(=O)OC)CC2)c1C. The lowest BCUT2D eigenvalue weighted by Crippen LogP contribution is -3.17. The number of piperidine rings is 1. The number of carbonyl (C=O) groups is 3. The van der Waals surface area contributed by atoms with Crippen molar-refractivity contribution < 1.29 is 28.8 Å². The van der Waals surface area contributed by atoms with Crippen molar-refractivity contribution in [3.8, 4) is 0 Å². The average Bonchev–Trinajstić information content (AvgIpc) is 2.93. The van der Waals surface area contributed by atoms with Crippen LogP contribution in [0.3, 0.4) is 0 Å². The zero-order valence-corrected chi connectivity index (χ0v) is 15.5. The van der Waals surface area contributed by atoms with Gasteiger partial charge in [-0.1, -0.05) is 0 Å². The maximum Gasteiger partial charge on any atom is 0.339 e. The van der Waals surface area contributed by atoms with E-state index in [4.69, 9.17) is 9.47 Å². The standard InChI is InChI=1S/C18H26N2O5/c1-10-14(18(23)25-5)11(2)19-15(10)16(21)12(3)20-8-6-13(7-9-20)17(22)24-4/h12-13,19H,6-9H2,1-5H3/p+1/t12-/m1/s1. The third kappa shape index (κ3) is 3.76. The lowest BCUT2D eigenvalue weighted by molar-refractivity contribution is -0.919. The van der Waals surface area contributed by atoms with Gasteiger partial charge in [-0.25, -0.2) is 4.79 Å². The van der Waals surface area contributed by atoms with Crippen molar-refractivity contribution in [3.05, 3.63) is 22.5 Å². The highest BCUT2D eigenvalue weighted by atomic mass is 16.5. The van der Waals surface area contributed by atoms with E-state index in [1.807, 2.05) is 6.92 Å². The van der Waals surface area contributed by atoms with E-state index in [1.54, 1.807) is 13.8 Å². The first-order valence-electron chi connectivity index (χ1n) is 8.55. The minimum atomic E-state index is -0.441. The number of aromatic nitrogens is 1. The summed E-state index contributed by atoms with van der Waals surface area (Å²) in [6, 6.07) is -0.249. The Kier molecular flexibility index (Phi) is 6.00. The maximum absolute atomic E-state index is 12.9. The molecule has 7 nitrogen and oxygen atoms in total. The molecule has 0 radical (unpaired) electrons. The zero-order valence-electron chi connectivity index (χ0n) is 15.5. The number of methoxy groups -OCH3 is 2. The number of aryl methyl sites for hydroxylation is 1. The van der Waals surface area contributed by atoms with Crippen LogP contribution in [0.15, 0.2) is 0 Å². The molecule has 1 aliphatic rings. The Morgan fingerprint density at radius 3 is 2.24 bits per heavy atom. The summed E-state index contributed by atoms with van der Waals surface area (Å²) in [5.74, 6) is -0.709. The van der Waals surface area contributed by atoms with Gasteiger partial charge in [0.15, 0.2) is 0 Å². The summed E-state index contributed by atoms with van der Waals surface area (Å²) in [6.07, 6.45) is 1.44. The second kappa shape index (κ2) is 7.82. The predicted octanol–water partition coefficient (Wildman–Crippen LogP) is 0.457. The molecule has 0 aliphatic carbocycles.